The highest BCUT2D eigenvalue weighted by Gasteiger charge is 2.75. The van der Waals surface area contributed by atoms with Crippen molar-refractivity contribution in [2.75, 3.05) is 5.32 Å². The van der Waals surface area contributed by atoms with Crippen molar-refractivity contribution >= 4 is 29.3 Å². The summed E-state index contributed by atoms with van der Waals surface area (Å²) in [7, 11) is 0. The Hall–Kier alpha value is -2.74. The Morgan fingerprint density at radius 1 is 1.22 bits per heavy atom. The van der Waals surface area contributed by atoms with Gasteiger partial charge >= 0.3 is 0 Å². The molecule has 0 aromatic heterocycles. The fraction of sp³-hybridized carbons (Fsp3) is 0.474. The van der Waals surface area contributed by atoms with Gasteiger partial charge in [-0.1, -0.05) is 18.2 Å². The molecule has 0 unspecified atom stereocenters. The number of nitrogens with one attached hydrogen (secondary N) is 1. The topological polar surface area (TPSA) is 126 Å². The standard InChI is InChI=1S/C19H22N4O4/c1-18(2,3)23-15(25)13-11(8-12(20)24)22-19(14(13)16(23)26)9-6-4-5-7-10(9)21-17(19)27/h4-7,11,13-14,22H,8H2,1-3H3,(H2,20,24)(H,21,27)/p+1/t11-,13-,14+,19-/m1/s1. The van der Waals surface area contributed by atoms with Crippen molar-refractivity contribution < 1.29 is 24.5 Å². The van der Waals surface area contributed by atoms with E-state index in [1.54, 1.807) is 50.4 Å². The van der Waals surface area contributed by atoms with Crippen molar-refractivity contribution in [1.82, 2.24) is 4.90 Å². The summed E-state index contributed by atoms with van der Waals surface area (Å²) in [5.74, 6) is -3.23. The minimum absolute atomic E-state index is 0.0740. The van der Waals surface area contributed by atoms with Crippen LogP contribution in [0.5, 0.6) is 0 Å². The van der Waals surface area contributed by atoms with Gasteiger partial charge in [-0.05, 0) is 26.8 Å². The van der Waals surface area contributed by atoms with Crippen molar-refractivity contribution in [1.29, 1.82) is 0 Å². The molecule has 3 heterocycles. The normalized spacial score (nSPS) is 32.0. The second kappa shape index (κ2) is 5.39. The molecule has 8 heteroatoms. The van der Waals surface area contributed by atoms with Crippen LogP contribution in [0.2, 0.25) is 0 Å². The van der Waals surface area contributed by atoms with Crippen LogP contribution in [0.1, 0.15) is 32.8 Å². The Morgan fingerprint density at radius 2 is 1.89 bits per heavy atom. The fourth-order valence-corrected chi connectivity index (χ4v) is 5.00. The summed E-state index contributed by atoms with van der Waals surface area (Å²) < 4.78 is 0. The van der Waals surface area contributed by atoms with Gasteiger partial charge in [0.15, 0.2) is 0 Å². The van der Waals surface area contributed by atoms with E-state index in [-0.39, 0.29) is 24.1 Å². The molecule has 2 saturated heterocycles. The number of likely N-dealkylation sites (tertiary alicyclic amines) is 1. The molecule has 1 aromatic carbocycles. The first-order valence-electron chi connectivity index (χ1n) is 9.02. The summed E-state index contributed by atoms with van der Waals surface area (Å²) in [5.41, 5.74) is 4.74. The van der Waals surface area contributed by atoms with Crippen molar-refractivity contribution in [3.05, 3.63) is 29.8 Å². The number of nitrogens with zero attached hydrogens (tertiary/aromatic N) is 1. The number of amides is 4. The third-order valence-electron chi connectivity index (χ3n) is 5.88. The number of imide groups is 1. The third-order valence-corrected chi connectivity index (χ3v) is 5.88. The maximum Gasteiger partial charge on any atom is 0.291 e. The Bertz CT molecular complexity index is 890. The smallest absolute Gasteiger partial charge is 0.291 e. The molecule has 0 bridgehead atoms. The largest absolute Gasteiger partial charge is 0.369 e. The second-order valence-electron chi connectivity index (χ2n) is 8.56. The van der Waals surface area contributed by atoms with Crippen LogP contribution in [0, 0.1) is 11.8 Å². The molecule has 0 saturated carbocycles. The molecule has 1 aromatic rings. The Balaban J connectivity index is 1.91. The molecule has 2 fully saturated rings. The van der Waals surface area contributed by atoms with Gasteiger partial charge in [-0.2, -0.15) is 0 Å². The highest BCUT2D eigenvalue weighted by molar-refractivity contribution is 6.14. The van der Waals surface area contributed by atoms with Crippen molar-refractivity contribution in [2.24, 2.45) is 17.6 Å². The monoisotopic (exact) mass is 371 g/mol. The lowest BCUT2D eigenvalue weighted by molar-refractivity contribution is -0.732. The first-order valence-corrected chi connectivity index (χ1v) is 9.02. The molecule has 4 atom stereocenters. The van der Waals surface area contributed by atoms with Crippen LogP contribution in [-0.4, -0.2) is 40.1 Å². The molecule has 1 spiro atoms. The number of quaternary nitrogens is 1. The van der Waals surface area contributed by atoms with Crippen LogP contribution < -0.4 is 16.4 Å². The SMILES string of the molecule is CC(C)(C)N1C(=O)[C@H]2[C@@H](C1=O)[C@@]1([NH2+][C@@H]2CC(N)=O)C(=O)Nc2ccccc21. The molecule has 142 valence electrons. The van der Waals surface area contributed by atoms with Crippen molar-refractivity contribution in [3.8, 4) is 0 Å². The molecule has 4 amide bonds. The van der Waals surface area contributed by atoms with Gasteiger partial charge in [0.05, 0.1) is 12.1 Å². The number of hydrogen-bond donors (Lipinski definition) is 3. The maximum absolute atomic E-state index is 13.4. The van der Waals surface area contributed by atoms with Crippen LogP contribution in [0.25, 0.3) is 0 Å². The number of rotatable bonds is 2. The van der Waals surface area contributed by atoms with Gasteiger partial charge in [0, 0.05) is 11.1 Å². The lowest BCUT2D eigenvalue weighted by Crippen LogP contribution is -2.99. The maximum atomic E-state index is 13.4. The molecule has 0 radical (unpaired) electrons. The van der Waals surface area contributed by atoms with Gasteiger partial charge in [0.2, 0.25) is 23.3 Å². The van der Waals surface area contributed by atoms with E-state index in [1.165, 1.54) is 4.90 Å². The summed E-state index contributed by atoms with van der Waals surface area (Å²) in [6, 6.07) is 6.61. The van der Waals surface area contributed by atoms with Gasteiger partial charge in [0.1, 0.15) is 17.9 Å². The molecule has 4 rings (SSSR count). The summed E-state index contributed by atoms with van der Waals surface area (Å²) in [4.78, 5) is 52.6. The van der Waals surface area contributed by atoms with E-state index in [9.17, 15) is 19.2 Å². The van der Waals surface area contributed by atoms with E-state index >= 15 is 0 Å². The van der Waals surface area contributed by atoms with Gasteiger partial charge in [-0.15, -0.1) is 0 Å². The number of hydrogen-bond acceptors (Lipinski definition) is 4. The Kier molecular flexibility index (Phi) is 3.52. The van der Waals surface area contributed by atoms with Crippen LogP contribution in [0.4, 0.5) is 5.69 Å². The molecule has 3 aliphatic rings. The number of carbonyl (C=O) groups is 4. The molecule has 27 heavy (non-hydrogen) atoms. The van der Waals surface area contributed by atoms with Gasteiger partial charge in [-0.3, -0.25) is 24.1 Å². The molecule has 5 N–H and O–H groups in total. The van der Waals surface area contributed by atoms with Gasteiger partial charge in [0.25, 0.3) is 5.91 Å². The predicted molar refractivity (Wildman–Crippen MR) is 94.9 cm³/mol. The molecular formula is C19H23N4O4+. The number of primary amides is 1. The highest BCUT2D eigenvalue weighted by Crippen LogP contribution is 2.50. The van der Waals surface area contributed by atoms with E-state index in [2.05, 4.69) is 5.32 Å². The zero-order chi connectivity index (χ0) is 19.7. The number of benzene rings is 1. The lowest BCUT2D eigenvalue weighted by Gasteiger charge is -2.33. The van der Waals surface area contributed by atoms with E-state index < -0.39 is 34.9 Å². The Labute approximate surface area is 156 Å². The van der Waals surface area contributed by atoms with Crippen LogP contribution in [0.3, 0.4) is 0 Å². The van der Waals surface area contributed by atoms with Gasteiger partial charge in [-0.25, -0.2) is 0 Å². The number of anilines is 1. The first-order chi connectivity index (χ1) is 12.6. The lowest BCUT2D eigenvalue weighted by atomic mass is 9.76. The zero-order valence-corrected chi connectivity index (χ0v) is 15.5. The number of nitrogens with two attached hydrogens (primary N) is 2. The average Bonchev–Trinajstić information content (AvgIpc) is 3.12. The average molecular weight is 371 g/mol. The summed E-state index contributed by atoms with van der Waals surface area (Å²) in [5, 5.41) is 4.55. The second-order valence-corrected chi connectivity index (χ2v) is 8.56. The van der Waals surface area contributed by atoms with E-state index in [4.69, 9.17) is 5.73 Å². The van der Waals surface area contributed by atoms with E-state index in [0.29, 0.717) is 11.3 Å². The third kappa shape index (κ3) is 2.19. The molecular weight excluding hydrogens is 348 g/mol. The minimum Gasteiger partial charge on any atom is -0.369 e. The number of fused-ring (bicyclic) bond motifs is 4. The van der Waals surface area contributed by atoms with Crippen LogP contribution >= 0.6 is 0 Å². The summed E-state index contributed by atoms with van der Waals surface area (Å²) in [6.07, 6.45) is -0.0740. The fourth-order valence-electron chi connectivity index (χ4n) is 5.00. The highest BCUT2D eigenvalue weighted by atomic mass is 16.2. The molecule has 3 aliphatic heterocycles. The van der Waals surface area contributed by atoms with E-state index in [1.807, 2.05) is 0 Å². The van der Waals surface area contributed by atoms with E-state index in [0.717, 1.165) is 0 Å². The van der Waals surface area contributed by atoms with Crippen LogP contribution in [0.15, 0.2) is 24.3 Å². The van der Waals surface area contributed by atoms with Gasteiger partial charge < -0.3 is 16.4 Å². The predicted octanol–water partition coefficient (Wildman–Crippen LogP) is -0.945. The summed E-state index contributed by atoms with van der Waals surface area (Å²) >= 11 is 0. The molecule has 8 nitrogen and oxygen atoms in total. The Morgan fingerprint density at radius 3 is 2.52 bits per heavy atom. The van der Waals surface area contributed by atoms with Crippen molar-refractivity contribution in [2.45, 2.75) is 44.3 Å². The number of carbonyl (C=O) groups excluding carboxylic acids is 4. The van der Waals surface area contributed by atoms with Crippen molar-refractivity contribution in [3.63, 3.8) is 0 Å². The van der Waals surface area contributed by atoms with Crippen LogP contribution in [-0.2, 0) is 24.7 Å². The molecule has 0 aliphatic carbocycles. The zero-order valence-electron chi connectivity index (χ0n) is 15.5. The minimum atomic E-state index is -1.26. The number of para-hydroxylation sites is 1. The quantitative estimate of drug-likeness (QED) is 0.580. The first kappa shape index (κ1) is 17.7. The summed E-state index contributed by atoms with van der Waals surface area (Å²) in [6.45, 7) is 5.35.